The van der Waals surface area contributed by atoms with E-state index < -0.39 is 0 Å². The highest BCUT2D eigenvalue weighted by molar-refractivity contribution is 5.86. The highest BCUT2D eigenvalue weighted by Gasteiger charge is 2.01. The van der Waals surface area contributed by atoms with Gasteiger partial charge in [0.25, 0.3) is 0 Å². The van der Waals surface area contributed by atoms with E-state index in [1.165, 1.54) is 96.3 Å². The predicted octanol–water partition coefficient (Wildman–Crippen LogP) is 7.37. The van der Waals surface area contributed by atoms with E-state index in [-0.39, 0.29) is 5.97 Å². The SMILES string of the molecule is C=C(C)[18C](=O)OCCCCCCCCCCCCCCCCCC. The molecule has 0 aliphatic carbocycles. The van der Waals surface area contributed by atoms with Crippen LogP contribution < -0.4 is 0 Å². The molecule has 0 spiro atoms. The molecule has 0 fully saturated rings. The van der Waals surface area contributed by atoms with Crippen molar-refractivity contribution in [3.63, 3.8) is 0 Å². The molecule has 0 radical (unpaired) electrons. The van der Waals surface area contributed by atoms with Gasteiger partial charge in [-0.2, -0.15) is 0 Å². The van der Waals surface area contributed by atoms with Crippen molar-refractivity contribution in [2.45, 2.75) is 117 Å². The van der Waals surface area contributed by atoms with Crippen molar-refractivity contribution < 1.29 is 9.53 Å². The minimum Gasteiger partial charge on any atom is -0.462 e. The molecule has 0 aromatic carbocycles. The largest absolute Gasteiger partial charge is 0.462 e. The molecule has 0 atom stereocenters. The standard InChI is InChI=1S/C22H42O2/c1-4-5-6-7-8-9-10-11-12-13-14-15-16-17-18-19-20-24-22(23)21(2)3/h2,4-20H2,1,3H3/i22+6. The maximum absolute atomic E-state index is 11.2. The number of hydrogen-bond acceptors (Lipinski definition) is 2. The van der Waals surface area contributed by atoms with Gasteiger partial charge in [-0.05, 0) is 13.3 Å². The fourth-order valence-corrected chi connectivity index (χ4v) is 2.94. The Morgan fingerprint density at radius 1 is 0.708 bits per heavy atom. The van der Waals surface area contributed by atoms with Crippen molar-refractivity contribution in [2.75, 3.05) is 6.61 Å². The highest BCUT2D eigenvalue weighted by Crippen LogP contribution is 2.13. The first kappa shape index (κ1) is 23.2. The maximum Gasteiger partial charge on any atom is 0.333 e. The Labute approximate surface area is 151 Å². The summed E-state index contributed by atoms with van der Waals surface area (Å²) in [5, 5.41) is 0. The van der Waals surface area contributed by atoms with E-state index in [0.29, 0.717) is 12.2 Å². The molecule has 0 bridgehead atoms. The second kappa shape index (κ2) is 18.5. The van der Waals surface area contributed by atoms with Crippen LogP contribution in [0.2, 0.25) is 0 Å². The predicted molar refractivity (Wildman–Crippen MR) is 105 cm³/mol. The molecule has 0 aliphatic heterocycles. The molecule has 0 aromatic rings. The molecule has 0 aliphatic rings. The van der Waals surface area contributed by atoms with Crippen LogP contribution in [0.5, 0.6) is 0 Å². The highest BCUT2D eigenvalue weighted by atomic mass is 18.7. The van der Waals surface area contributed by atoms with Crippen molar-refractivity contribution in [2.24, 2.45) is 0 Å². The third-order valence-corrected chi connectivity index (χ3v) is 4.58. The lowest BCUT2D eigenvalue weighted by Crippen LogP contribution is -2.05. The zero-order chi connectivity index (χ0) is 17.9. The van der Waals surface area contributed by atoms with Gasteiger partial charge in [-0.1, -0.05) is 110 Å². The molecule has 0 rings (SSSR count). The molecule has 0 saturated heterocycles. The second-order valence-electron chi connectivity index (χ2n) is 7.22. The van der Waals surface area contributed by atoms with Gasteiger partial charge in [-0.3, -0.25) is 0 Å². The summed E-state index contributed by atoms with van der Waals surface area (Å²) < 4.78 is 5.08. The monoisotopic (exact) mass is 344 g/mol. The lowest BCUT2D eigenvalue weighted by molar-refractivity contribution is -0.139. The summed E-state index contributed by atoms with van der Waals surface area (Å²) in [6.45, 7) is 8.09. The fraction of sp³-hybridized carbons (Fsp3) is 0.864. The van der Waals surface area contributed by atoms with Gasteiger partial charge >= 0.3 is 5.97 Å². The van der Waals surface area contributed by atoms with Crippen LogP contribution in [0.25, 0.3) is 0 Å². The molecule has 0 N–H and O–H groups in total. The van der Waals surface area contributed by atoms with Gasteiger partial charge in [0.2, 0.25) is 0 Å². The molecule has 2 nitrogen and oxygen atoms in total. The zero-order valence-electron chi connectivity index (χ0n) is 16.5. The number of esters is 1. The van der Waals surface area contributed by atoms with Gasteiger partial charge in [0.1, 0.15) is 0 Å². The van der Waals surface area contributed by atoms with Gasteiger partial charge in [-0.15, -0.1) is 0 Å². The second-order valence-corrected chi connectivity index (χ2v) is 7.22. The van der Waals surface area contributed by atoms with E-state index in [0.717, 1.165) is 6.42 Å². The molecule has 0 unspecified atom stereocenters. The lowest BCUT2D eigenvalue weighted by atomic mass is 10.0. The molecule has 24 heavy (non-hydrogen) atoms. The summed E-state index contributed by atoms with van der Waals surface area (Å²) in [6, 6.07) is 0. The summed E-state index contributed by atoms with van der Waals surface area (Å²) in [5.41, 5.74) is 0.492. The number of carbonyl (C=O) groups is 1. The number of unbranched alkanes of at least 4 members (excludes halogenated alkanes) is 15. The fourth-order valence-electron chi connectivity index (χ4n) is 2.94. The third-order valence-electron chi connectivity index (χ3n) is 4.58. The first-order chi connectivity index (χ1) is 11.7. The Morgan fingerprint density at radius 2 is 1.04 bits per heavy atom. The van der Waals surface area contributed by atoms with Crippen LogP contribution in [0, 0.1) is 0 Å². The Hall–Kier alpha value is -0.790. The first-order valence-electron chi connectivity index (χ1n) is 10.5. The molecular weight excluding hydrogens is 302 g/mol. The van der Waals surface area contributed by atoms with Gasteiger partial charge in [0, 0.05) is 5.57 Å². The summed E-state index contributed by atoms with van der Waals surface area (Å²) in [6.07, 6.45) is 21.7. The Morgan fingerprint density at radius 3 is 1.38 bits per heavy atom. The molecule has 0 amide bonds. The van der Waals surface area contributed by atoms with Crippen LogP contribution in [0.1, 0.15) is 117 Å². The molecule has 142 valence electrons. The lowest BCUT2D eigenvalue weighted by Gasteiger charge is -2.05. The molecule has 0 heterocycles. The van der Waals surface area contributed by atoms with Crippen LogP contribution in [-0.2, 0) is 9.53 Å². The van der Waals surface area contributed by atoms with Crippen molar-refractivity contribution in [1.82, 2.24) is 0 Å². The molecule has 2 heteroatoms. The van der Waals surface area contributed by atoms with Gasteiger partial charge in [0.05, 0.1) is 6.61 Å². The van der Waals surface area contributed by atoms with Crippen LogP contribution >= 0.6 is 0 Å². The van der Waals surface area contributed by atoms with E-state index in [1.54, 1.807) is 6.92 Å². The average Bonchev–Trinajstić information content (AvgIpc) is 2.57. The Bertz CT molecular complexity index is 296. The summed E-state index contributed by atoms with van der Waals surface area (Å²) >= 11 is 0. The number of hydrogen-bond donors (Lipinski definition) is 0. The Kier molecular flexibility index (Phi) is 17.9. The maximum atomic E-state index is 11.2. The van der Waals surface area contributed by atoms with E-state index >= 15 is 0 Å². The Balaban J connectivity index is 3.05. The zero-order valence-corrected chi connectivity index (χ0v) is 16.5. The van der Waals surface area contributed by atoms with Crippen molar-refractivity contribution in [3.05, 3.63) is 12.2 Å². The van der Waals surface area contributed by atoms with E-state index in [4.69, 9.17) is 4.74 Å². The van der Waals surface area contributed by atoms with E-state index in [1.807, 2.05) is 0 Å². The summed E-state index contributed by atoms with van der Waals surface area (Å²) in [7, 11) is 0. The molecule has 0 aromatic heterocycles. The van der Waals surface area contributed by atoms with Crippen molar-refractivity contribution in [1.29, 1.82) is 0 Å². The minimum atomic E-state index is -0.254. The third kappa shape index (κ3) is 17.6. The normalized spacial score (nSPS) is 10.8. The van der Waals surface area contributed by atoms with Crippen molar-refractivity contribution >= 4 is 5.97 Å². The average molecular weight is 345 g/mol. The van der Waals surface area contributed by atoms with Crippen LogP contribution in [0.15, 0.2) is 12.2 Å². The van der Waals surface area contributed by atoms with Gasteiger partial charge in [-0.25, -0.2) is 4.79 Å². The van der Waals surface area contributed by atoms with Gasteiger partial charge in [0.15, 0.2) is 0 Å². The smallest absolute Gasteiger partial charge is 0.333 e. The molecular formula is C22H42O2. The van der Waals surface area contributed by atoms with Crippen LogP contribution in [0.4, 0.5) is 0 Å². The van der Waals surface area contributed by atoms with Gasteiger partial charge < -0.3 is 4.74 Å². The first-order valence-corrected chi connectivity index (χ1v) is 10.5. The van der Waals surface area contributed by atoms with Crippen molar-refractivity contribution in [3.8, 4) is 0 Å². The molecule has 0 saturated carbocycles. The van der Waals surface area contributed by atoms with E-state index in [9.17, 15) is 4.79 Å². The van der Waals surface area contributed by atoms with Crippen LogP contribution in [-0.4, -0.2) is 12.6 Å². The van der Waals surface area contributed by atoms with Crippen LogP contribution in [0.3, 0.4) is 0 Å². The summed E-state index contributed by atoms with van der Waals surface area (Å²) in [5.74, 6) is -0.254. The quantitative estimate of drug-likeness (QED) is 0.147. The number of carbonyl (C=O) groups excluding carboxylic acids is 1. The number of rotatable bonds is 18. The minimum absolute atomic E-state index is 0.254. The topological polar surface area (TPSA) is 26.3 Å². The summed E-state index contributed by atoms with van der Waals surface area (Å²) in [4.78, 5) is 11.2. The number of ether oxygens (including phenoxy) is 1. The van der Waals surface area contributed by atoms with E-state index in [2.05, 4.69) is 13.5 Å².